The summed E-state index contributed by atoms with van der Waals surface area (Å²) in [4.78, 5) is 21.6. The zero-order valence-electron chi connectivity index (χ0n) is 23.2. The van der Waals surface area contributed by atoms with E-state index in [0.29, 0.717) is 44.8 Å². The molecule has 5 rings (SSSR count). The SMILES string of the molecule is COc1cccc(C(=O)Nc2cc(-c3noc(-c4sc(Nc5cc(OC)c(OC)c(OC)c5)nc4N)n3)c(F)cc2F)c1. The minimum absolute atomic E-state index is 0.0476. The molecule has 2 aromatic heterocycles. The Morgan fingerprint density at radius 2 is 1.67 bits per heavy atom. The molecule has 0 aliphatic rings. The molecule has 0 saturated carbocycles. The Morgan fingerprint density at radius 3 is 2.35 bits per heavy atom. The molecule has 0 fully saturated rings. The molecule has 4 N–H and O–H groups in total. The van der Waals surface area contributed by atoms with Crippen LogP contribution in [0.25, 0.3) is 22.2 Å². The van der Waals surface area contributed by atoms with Gasteiger partial charge < -0.3 is 39.8 Å². The lowest BCUT2D eigenvalue weighted by Gasteiger charge is -2.14. The van der Waals surface area contributed by atoms with Gasteiger partial charge in [0.2, 0.25) is 11.6 Å². The molecule has 222 valence electrons. The summed E-state index contributed by atoms with van der Waals surface area (Å²) in [7, 11) is 5.94. The molecule has 0 spiro atoms. The van der Waals surface area contributed by atoms with Gasteiger partial charge in [-0.2, -0.15) is 4.98 Å². The van der Waals surface area contributed by atoms with Crippen LogP contribution in [0.15, 0.2) is 53.1 Å². The molecule has 2 heterocycles. The summed E-state index contributed by atoms with van der Waals surface area (Å²) >= 11 is 1.09. The number of nitrogens with two attached hydrogens (primary N) is 1. The van der Waals surface area contributed by atoms with Crippen molar-refractivity contribution < 1.29 is 37.0 Å². The van der Waals surface area contributed by atoms with Gasteiger partial charge in [-0.1, -0.05) is 22.6 Å². The second-order valence-corrected chi connectivity index (χ2v) is 9.69. The predicted octanol–water partition coefficient (Wildman–Crippen LogP) is 5.75. The summed E-state index contributed by atoms with van der Waals surface area (Å²) in [6.45, 7) is 0. The molecule has 43 heavy (non-hydrogen) atoms. The van der Waals surface area contributed by atoms with Crippen LogP contribution in [0.2, 0.25) is 0 Å². The number of anilines is 4. The summed E-state index contributed by atoms with van der Waals surface area (Å²) in [6, 6.07) is 11.3. The number of aromatic nitrogens is 3. The summed E-state index contributed by atoms with van der Waals surface area (Å²) < 4.78 is 56.0. The second kappa shape index (κ2) is 12.2. The topological polar surface area (TPSA) is 156 Å². The van der Waals surface area contributed by atoms with E-state index in [1.54, 1.807) is 24.3 Å². The summed E-state index contributed by atoms with van der Waals surface area (Å²) in [5.74, 6) is -1.05. The first-order valence-electron chi connectivity index (χ1n) is 12.4. The van der Waals surface area contributed by atoms with Gasteiger partial charge in [-0.15, -0.1) is 0 Å². The number of halogens is 2. The largest absolute Gasteiger partial charge is 0.497 e. The first-order chi connectivity index (χ1) is 20.7. The highest BCUT2D eigenvalue weighted by Crippen LogP contribution is 2.42. The molecular weight excluding hydrogens is 586 g/mol. The average molecular weight is 611 g/mol. The highest BCUT2D eigenvalue weighted by molar-refractivity contribution is 7.19. The minimum atomic E-state index is -0.990. The van der Waals surface area contributed by atoms with E-state index in [-0.39, 0.29) is 34.3 Å². The van der Waals surface area contributed by atoms with E-state index in [0.717, 1.165) is 17.4 Å². The highest BCUT2D eigenvalue weighted by Gasteiger charge is 2.22. The summed E-state index contributed by atoms with van der Waals surface area (Å²) in [6.07, 6.45) is 0. The Morgan fingerprint density at radius 1 is 0.930 bits per heavy atom. The van der Waals surface area contributed by atoms with Crippen molar-refractivity contribution in [1.29, 1.82) is 0 Å². The van der Waals surface area contributed by atoms with Crippen LogP contribution in [0.3, 0.4) is 0 Å². The maximum Gasteiger partial charge on any atom is 0.272 e. The predicted molar refractivity (Wildman–Crippen MR) is 155 cm³/mol. The van der Waals surface area contributed by atoms with E-state index >= 15 is 0 Å². The van der Waals surface area contributed by atoms with E-state index in [9.17, 15) is 13.6 Å². The Balaban J connectivity index is 1.40. The molecule has 0 atom stereocenters. The van der Waals surface area contributed by atoms with Crippen LogP contribution in [-0.4, -0.2) is 49.5 Å². The van der Waals surface area contributed by atoms with Crippen molar-refractivity contribution in [1.82, 2.24) is 15.1 Å². The third-order valence-electron chi connectivity index (χ3n) is 6.07. The van der Waals surface area contributed by atoms with Crippen LogP contribution in [0.1, 0.15) is 10.4 Å². The number of benzene rings is 3. The highest BCUT2D eigenvalue weighted by atomic mass is 32.1. The van der Waals surface area contributed by atoms with Crippen molar-refractivity contribution in [3.05, 3.63) is 65.7 Å². The normalized spacial score (nSPS) is 10.7. The maximum absolute atomic E-state index is 14.8. The van der Waals surface area contributed by atoms with Crippen LogP contribution in [-0.2, 0) is 0 Å². The van der Waals surface area contributed by atoms with Gasteiger partial charge in [0.1, 0.15) is 28.1 Å². The Bertz CT molecular complexity index is 1790. The van der Waals surface area contributed by atoms with Gasteiger partial charge in [-0.3, -0.25) is 4.79 Å². The van der Waals surface area contributed by atoms with Crippen LogP contribution in [0.5, 0.6) is 23.0 Å². The Hall–Kier alpha value is -5.44. The molecule has 0 unspecified atom stereocenters. The monoisotopic (exact) mass is 610 g/mol. The molecule has 3 aromatic carbocycles. The van der Waals surface area contributed by atoms with Crippen LogP contribution in [0.4, 0.5) is 31.1 Å². The average Bonchev–Trinajstić information content (AvgIpc) is 3.64. The van der Waals surface area contributed by atoms with E-state index in [2.05, 4.69) is 25.8 Å². The third-order valence-corrected chi connectivity index (χ3v) is 7.04. The number of thiazole rings is 1. The number of hydrogen-bond donors (Lipinski definition) is 3. The molecule has 0 aliphatic carbocycles. The van der Waals surface area contributed by atoms with Crippen molar-refractivity contribution in [2.24, 2.45) is 0 Å². The van der Waals surface area contributed by atoms with Gasteiger partial charge in [0.25, 0.3) is 11.8 Å². The number of ether oxygens (including phenoxy) is 4. The van der Waals surface area contributed by atoms with Crippen LogP contribution in [0, 0.1) is 11.6 Å². The molecule has 1 amide bonds. The third kappa shape index (κ3) is 5.97. The quantitative estimate of drug-likeness (QED) is 0.177. The van der Waals surface area contributed by atoms with Gasteiger partial charge in [-0.25, -0.2) is 13.8 Å². The van der Waals surface area contributed by atoms with Gasteiger partial charge in [0.15, 0.2) is 16.6 Å². The number of nitrogens with zero attached hydrogens (tertiary/aromatic N) is 3. The number of hydrogen-bond acceptors (Lipinski definition) is 12. The van der Waals surface area contributed by atoms with Crippen LogP contribution < -0.4 is 35.3 Å². The fourth-order valence-electron chi connectivity index (χ4n) is 4.02. The van der Waals surface area contributed by atoms with Crippen molar-refractivity contribution in [3.8, 4) is 45.2 Å². The van der Waals surface area contributed by atoms with Crippen LogP contribution >= 0.6 is 11.3 Å². The van der Waals surface area contributed by atoms with Gasteiger partial charge in [0.05, 0.1) is 39.7 Å². The number of amides is 1. The van der Waals surface area contributed by atoms with Gasteiger partial charge in [-0.05, 0) is 24.3 Å². The van der Waals surface area contributed by atoms with E-state index < -0.39 is 17.5 Å². The Kier molecular flexibility index (Phi) is 8.25. The number of carbonyl (C=O) groups is 1. The first-order valence-corrected chi connectivity index (χ1v) is 13.2. The van der Waals surface area contributed by atoms with E-state index in [1.165, 1.54) is 40.6 Å². The lowest BCUT2D eigenvalue weighted by Crippen LogP contribution is -2.13. The Labute approximate surface area is 247 Å². The lowest BCUT2D eigenvalue weighted by molar-refractivity contribution is 0.102. The summed E-state index contributed by atoms with van der Waals surface area (Å²) in [5, 5.41) is 9.74. The molecule has 12 nitrogen and oxygen atoms in total. The van der Waals surface area contributed by atoms with Crippen molar-refractivity contribution in [2.75, 3.05) is 44.8 Å². The molecular formula is C28H24F2N6O6S. The van der Waals surface area contributed by atoms with E-state index in [4.69, 9.17) is 29.2 Å². The van der Waals surface area contributed by atoms with Crippen molar-refractivity contribution in [2.45, 2.75) is 0 Å². The fraction of sp³-hybridized carbons (Fsp3) is 0.143. The first kappa shape index (κ1) is 29.1. The zero-order valence-corrected chi connectivity index (χ0v) is 24.0. The minimum Gasteiger partial charge on any atom is -0.497 e. The van der Waals surface area contributed by atoms with Gasteiger partial charge >= 0.3 is 0 Å². The number of nitrogens with one attached hydrogen (secondary N) is 2. The van der Waals surface area contributed by atoms with Crippen molar-refractivity contribution in [3.63, 3.8) is 0 Å². The molecule has 0 aliphatic heterocycles. The number of rotatable bonds is 10. The number of nitrogen functional groups attached to an aromatic ring is 1. The number of methoxy groups -OCH3 is 4. The molecule has 0 radical (unpaired) electrons. The molecule has 15 heteroatoms. The second-order valence-electron chi connectivity index (χ2n) is 8.69. The fourth-order valence-corrected chi connectivity index (χ4v) is 4.84. The standard InChI is InChI=1S/C28H24F2N6O6S/c1-38-15-7-5-6-13(8-15)26(37)33-19-11-16(17(29)12-18(19)30)25-35-27(42-36-25)23-24(31)34-28(43-23)32-14-9-20(39-2)22(41-4)21(10-14)40-3/h5-12H,31H2,1-4H3,(H,32,34)(H,33,37). The lowest BCUT2D eigenvalue weighted by atomic mass is 10.1. The molecule has 5 aromatic rings. The van der Waals surface area contributed by atoms with E-state index in [1.807, 2.05) is 0 Å². The molecule has 0 saturated heterocycles. The number of carbonyl (C=O) groups excluding carboxylic acids is 1. The molecule has 0 bridgehead atoms. The smallest absolute Gasteiger partial charge is 0.272 e. The van der Waals surface area contributed by atoms with Gasteiger partial charge in [0, 0.05) is 29.4 Å². The maximum atomic E-state index is 14.8. The summed E-state index contributed by atoms with van der Waals surface area (Å²) in [5.41, 5.74) is 6.40. The van der Waals surface area contributed by atoms with Crippen molar-refractivity contribution >= 4 is 39.6 Å². The zero-order chi connectivity index (χ0) is 30.7.